The second-order valence-electron chi connectivity index (χ2n) is 9.60. The van der Waals surface area contributed by atoms with Gasteiger partial charge in [-0.2, -0.15) is 4.52 Å². The van der Waals surface area contributed by atoms with Crippen molar-refractivity contribution in [3.8, 4) is 0 Å². The molecule has 5 aromatic rings. The van der Waals surface area contributed by atoms with Gasteiger partial charge in [0.05, 0.1) is 10.4 Å². The van der Waals surface area contributed by atoms with Crippen LogP contribution in [-0.4, -0.2) is 52.3 Å². The Labute approximate surface area is 215 Å². The van der Waals surface area contributed by atoms with E-state index < -0.39 is 9.84 Å². The van der Waals surface area contributed by atoms with Crippen molar-refractivity contribution in [2.75, 3.05) is 18.4 Å². The van der Waals surface area contributed by atoms with Gasteiger partial charge in [0.1, 0.15) is 5.82 Å². The van der Waals surface area contributed by atoms with Crippen LogP contribution in [0.15, 0.2) is 88.8 Å². The number of anilines is 1. The van der Waals surface area contributed by atoms with E-state index in [1.807, 2.05) is 37.3 Å². The molecular weight excluding hydrogens is 484 g/mol. The number of para-hydroxylation sites is 1. The predicted molar refractivity (Wildman–Crippen MR) is 143 cm³/mol. The van der Waals surface area contributed by atoms with Crippen LogP contribution in [0.4, 0.5) is 5.82 Å². The highest BCUT2D eigenvalue weighted by molar-refractivity contribution is 7.91. The highest BCUT2D eigenvalue weighted by Crippen LogP contribution is 2.29. The SMILES string of the molecule is Cc1ccc(S(=O)(=O)c2nnn3c2nc(NC2CCN(Cc4ccccc4)CC2)c2ccccc23)cc1. The smallest absolute Gasteiger partial charge is 0.229 e. The van der Waals surface area contributed by atoms with Crippen LogP contribution in [0.1, 0.15) is 24.0 Å². The summed E-state index contributed by atoms with van der Waals surface area (Å²) >= 11 is 0. The van der Waals surface area contributed by atoms with E-state index in [-0.39, 0.29) is 21.6 Å². The zero-order chi connectivity index (χ0) is 25.4. The minimum absolute atomic E-state index is 0.136. The zero-order valence-corrected chi connectivity index (χ0v) is 21.4. The molecule has 3 aromatic carbocycles. The number of likely N-dealkylation sites (tertiary alicyclic amines) is 1. The first-order valence-corrected chi connectivity index (χ1v) is 14.0. The fraction of sp³-hybridized carbons (Fsp3) is 0.250. The van der Waals surface area contributed by atoms with E-state index in [2.05, 4.69) is 44.8 Å². The molecule has 6 rings (SSSR count). The Balaban J connectivity index is 1.31. The predicted octanol–water partition coefficient (Wildman–Crippen LogP) is 4.50. The van der Waals surface area contributed by atoms with Crippen molar-refractivity contribution in [1.29, 1.82) is 0 Å². The molecule has 1 fully saturated rings. The maximum Gasteiger partial charge on any atom is 0.229 e. The first-order chi connectivity index (χ1) is 18.0. The lowest BCUT2D eigenvalue weighted by atomic mass is 10.0. The monoisotopic (exact) mass is 512 g/mol. The molecule has 1 aliphatic rings. The van der Waals surface area contributed by atoms with Crippen molar-refractivity contribution in [3.05, 3.63) is 90.0 Å². The van der Waals surface area contributed by atoms with E-state index in [4.69, 9.17) is 4.98 Å². The van der Waals surface area contributed by atoms with E-state index in [0.29, 0.717) is 5.82 Å². The fourth-order valence-corrected chi connectivity index (χ4v) is 6.16. The van der Waals surface area contributed by atoms with Crippen LogP contribution in [0.2, 0.25) is 0 Å². The van der Waals surface area contributed by atoms with Crippen LogP contribution in [0.3, 0.4) is 0 Å². The van der Waals surface area contributed by atoms with Crippen molar-refractivity contribution >= 4 is 32.2 Å². The van der Waals surface area contributed by atoms with Crippen molar-refractivity contribution < 1.29 is 8.42 Å². The Morgan fingerprint density at radius 2 is 1.62 bits per heavy atom. The number of rotatable bonds is 6. The van der Waals surface area contributed by atoms with E-state index in [0.717, 1.165) is 48.9 Å². The molecule has 2 aromatic heterocycles. The molecule has 37 heavy (non-hydrogen) atoms. The van der Waals surface area contributed by atoms with E-state index >= 15 is 0 Å². The Hall–Kier alpha value is -3.82. The molecule has 1 aliphatic heterocycles. The number of aromatic nitrogens is 4. The van der Waals surface area contributed by atoms with Crippen molar-refractivity contribution in [1.82, 2.24) is 24.7 Å². The summed E-state index contributed by atoms with van der Waals surface area (Å²) in [6, 6.07) is 25.3. The highest BCUT2D eigenvalue weighted by atomic mass is 32.2. The Morgan fingerprint density at radius 1 is 0.919 bits per heavy atom. The van der Waals surface area contributed by atoms with Gasteiger partial charge in [-0.3, -0.25) is 4.90 Å². The number of fused-ring (bicyclic) bond motifs is 3. The number of hydrogen-bond acceptors (Lipinski definition) is 7. The van der Waals surface area contributed by atoms with Crippen LogP contribution in [0.5, 0.6) is 0 Å². The van der Waals surface area contributed by atoms with Crippen molar-refractivity contribution in [3.63, 3.8) is 0 Å². The van der Waals surface area contributed by atoms with Gasteiger partial charge in [-0.25, -0.2) is 13.4 Å². The van der Waals surface area contributed by atoms with Gasteiger partial charge in [0.2, 0.25) is 14.9 Å². The summed E-state index contributed by atoms with van der Waals surface area (Å²) in [7, 11) is -3.89. The first-order valence-electron chi connectivity index (χ1n) is 12.5. The fourth-order valence-electron chi connectivity index (χ4n) is 4.93. The topological polar surface area (TPSA) is 92.5 Å². The molecule has 0 atom stereocenters. The molecule has 0 aliphatic carbocycles. The lowest BCUT2D eigenvalue weighted by Gasteiger charge is -2.32. The van der Waals surface area contributed by atoms with Crippen LogP contribution < -0.4 is 5.32 Å². The summed E-state index contributed by atoms with van der Waals surface area (Å²) in [5, 5.41) is 12.6. The number of piperidine rings is 1. The van der Waals surface area contributed by atoms with Gasteiger partial charge in [0.25, 0.3) is 0 Å². The van der Waals surface area contributed by atoms with Gasteiger partial charge < -0.3 is 5.32 Å². The molecule has 3 heterocycles. The zero-order valence-electron chi connectivity index (χ0n) is 20.6. The van der Waals surface area contributed by atoms with Crippen molar-refractivity contribution in [2.24, 2.45) is 0 Å². The highest BCUT2D eigenvalue weighted by Gasteiger charge is 2.28. The summed E-state index contributed by atoms with van der Waals surface area (Å²) in [6.07, 6.45) is 1.94. The lowest BCUT2D eigenvalue weighted by Crippen LogP contribution is -2.38. The molecule has 9 heteroatoms. The molecule has 0 spiro atoms. The first kappa shape index (κ1) is 23.6. The average Bonchev–Trinajstić information content (AvgIpc) is 3.36. The van der Waals surface area contributed by atoms with Gasteiger partial charge >= 0.3 is 0 Å². The molecule has 0 unspecified atom stereocenters. The second kappa shape index (κ2) is 9.57. The van der Waals surface area contributed by atoms with Gasteiger partial charge in [0, 0.05) is 31.1 Å². The van der Waals surface area contributed by atoms with E-state index in [1.54, 1.807) is 24.3 Å². The molecule has 1 saturated heterocycles. The Morgan fingerprint density at radius 3 is 2.38 bits per heavy atom. The number of nitrogens with one attached hydrogen (secondary N) is 1. The van der Waals surface area contributed by atoms with Crippen LogP contribution in [0.25, 0.3) is 16.6 Å². The summed E-state index contributed by atoms with van der Waals surface area (Å²) < 4.78 is 28.4. The summed E-state index contributed by atoms with van der Waals surface area (Å²) in [6.45, 7) is 4.83. The second-order valence-corrected chi connectivity index (χ2v) is 11.5. The number of aryl methyl sites for hydroxylation is 1. The molecule has 1 N–H and O–H groups in total. The Bertz CT molecular complexity index is 1660. The maximum absolute atomic E-state index is 13.5. The van der Waals surface area contributed by atoms with Gasteiger partial charge in [-0.05, 0) is 49.6 Å². The number of sulfone groups is 1. The quantitative estimate of drug-likeness (QED) is 0.358. The van der Waals surface area contributed by atoms with Crippen LogP contribution in [-0.2, 0) is 16.4 Å². The van der Waals surface area contributed by atoms with Gasteiger partial charge in [0.15, 0.2) is 5.65 Å². The molecule has 0 bridgehead atoms. The minimum atomic E-state index is -3.89. The molecule has 8 nitrogen and oxygen atoms in total. The number of nitrogens with zero attached hydrogens (tertiary/aromatic N) is 5. The summed E-state index contributed by atoms with van der Waals surface area (Å²) in [4.78, 5) is 7.43. The maximum atomic E-state index is 13.5. The lowest BCUT2D eigenvalue weighted by molar-refractivity contribution is 0.211. The normalized spacial score (nSPS) is 15.4. The molecular formula is C28H28N6O2S. The van der Waals surface area contributed by atoms with Gasteiger partial charge in [-0.1, -0.05) is 65.4 Å². The molecule has 0 saturated carbocycles. The van der Waals surface area contributed by atoms with Crippen LogP contribution in [0, 0.1) is 6.92 Å². The largest absolute Gasteiger partial charge is 0.367 e. The standard InChI is InChI=1S/C28H28N6O2S/c1-20-11-13-23(14-12-20)37(35,36)28-27-30-26(24-9-5-6-10-25(24)34(27)32-31-28)29-22-15-17-33(18-16-22)19-21-7-3-2-4-8-21/h2-14,22H,15-19H2,1H3,(H,29,30). The molecule has 188 valence electrons. The van der Waals surface area contributed by atoms with Crippen molar-refractivity contribution in [2.45, 2.75) is 42.3 Å². The van der Waals surface area contributed by atoms with Gasteiger partial charge in [-0.15, -0.1) is 5.10 Å². The molecule has 0 amide bonds. The molecule has 0 radical (unpaired) electrons. The third-order valence-corrected chi connectivity index (χ3v) is 8.65. The van der Waals surface area contributed by atoms with Crippen LogP contribution >= 0.6 is 0 Å². The summed E-state index contributed by atoms with van der Waals surface area (Å²) in [5.41, 5.74) is 3.29. The average molecular weight is 513 g/mol. The summed E-state index contributed by atoms with van der Waals surface area (Å²) in [5.74, 6) is 0.660. The third-order valence-electron chi connectivity index (χ3n) is 6.99. The van der Waals surface area contributed by atoms with E-state index in [1.165, 1.54) is 10.1 Å². The Kier molecular flexibility index (Phi) is 6.10. The van der Waals surface area contributed by atoms with E-state index in [9.17, 15) is 8.42 Å². The number of benzene rings is 3. The number of hydrogen-bond donors (Lipinski definition) is 1. The third kappa shape index (κ3) is 4.56. The minimum Gasteiger partial charge on any atom is -0.367 e.